The Morgan fingerprint density at radius 2 is 1.86 bits per heavy atom. The average molecular weight is 314 g/mol. The van der Waals surface area contributed by atoms with E-state index in [1.54, 1.807) is 0 Å². The standard InChI is InChI=1S/C19H20ClNO/c20-17-8-4-5-15(13-17)9-10-18(22)21-14-19(11-12-19)16-6-2-1-3-7-16/h1-8,13H,9-12,14H2,(H,21,22). The fourth-order valence-electron chi connectivity index (χ4n) is 2.82. The summed E-state index contributed by atoms with van der Waals surface area (Å²) in [7, 11) is 0. The molecule has 3 rings (SSSR count). The van der Waals surface area contributed by atoms with Gasteiger partial charge in [-0.25, -0.2) is 0 Å². The van der Waals surface area contributed by atoms with Gasteiger partial charge in [-0.2, -0.15) is 0 Å². The number of carbonyl (C=O) groups is 1. The number of carbonyl (C=O) groups excluding carboxylic acids is 1. The monoisotopic (exact) mass is 313 g/mol. The van der Waals surface area contributed by atoms with Crippen LogP contribution in [0.2, 0.25) is 5.02 Å². The maximum Gasteiger partial charge on any atom is 0.220 e. The SMILES string of the molecule is O=C(CCc1cccc(Cl)c1)NCC1(c2ccccc2)CC1. The van der Waals surface area contributed by atoms with Gasteiger partial charge < -0.3 is 5.32 Å². The molecule has 1 saturated carbocycles. The first kappa shape index (κ1) is 15.1. The van der Waals surface area contributed by atoms with Gasteiger partial charge in [-0.1, -0.05) is 54.1 Å². The van der Waals surface area contributed by atoms with Gasteiger partial charge in [0.25, 0.3) is 0 Å². The van der Waals surface area contributed by atoms with Crippen molar-refractivity contribution < 1.29 is 4.79 Å². The van der Waals surface area contributed by atoms with Gasteiger partial charge in [0.05, 0.1) is 0 Å². The van der Waals surface area contributed by atoms with Crippen LogP contribution in [0.25, 0.3) is 0 Å². The molecule has 1 aliphatic rings. The first-order valence-corrected chi connectivity index (χ1v) is 8.12. The van der Waals surface area contributed by atoms with E-state index in [1.165, 1.54) is 5.56 Å². The maximum absolute atomic E-state index is 12.1. The van der Waals surface area contributed by atoms with Crippen molar-refractivity contribution in [2.24, 2.45) is 0 Å². The summed E-state index contributed by atoms with van der Waals surface area (Å²) in [5.41, 5.74) is 2.62. The maximum atomic E-state index is 12.1. The van der Waals surface area contributed by atoms with Gasteiger partial charge in [0.15, 0.2) is 0 Å². The molecule has 0 atom stereocenters. The number of halogens is 1. The van der Waals surface area contributed by atoms with E-state index in [0.29, 0.717) is 6.42 Å². The van der Waals surface area contributed by atoms with Crippen molar-refractivity contribution >= 4 is 17.5 Å². The molecular formula is C19H20ClNO. The molecule has 2 aromatic carbocycles. The van der Waals surface area contributed by atoms with E-state index in [9.17, 15) is 4.79 Å². The molecule has 0 spiro atoms. The number of hydrogen-bond acceptors (Lipinski definition) is 1. The van der Waals surface area contributed by atoms with Crippen LogP contribution in [0.15, 0.2) is 54.6 Å². The third kappa shape index (κ3) is 3.69. The number of rotatable bonds is 6. The Balaban J connectivity index is 1.49. The molecule has 114 valence electrons. The second kappa shape index (κ2) is 6.53. The first-order valence-electron chi connectivity index (χ1n) is 7.75. The molecule has 1 amide bonds. The normalized spacial score (nSPS) is 15.3. The summed E-state index contributed by atoms with van der Waals surface area (Å²) in [6.45, 7) is 0.741. The Labute approximate surface area is 136 Å². The van der Waals surface area contributed by atoms with E-state index in [4.69, 9.17) is 11.6 Å². The number of hydrogen-bond donors (Lipinski definition) is 1. The second-order valence-corrected chi connectivity index (χ2v) is 6.49. The molecule has 0 saturated heterocycles. The smallest absolute Gasteiger partial charge is 0.220 e. The summed E-state index contributed by atoms with van der Waals surface area (Å²) in [6, 6.07) is 18.2. The summed E-state index contributed by atoms with van der Waals surface area (Å²) >= 11 is 5.96. The van der Waals surface area contributed by atoms with E-state index in [0.717, 1.165) is 36.4 Å². The highest BCUT2D eigenvalue weighted by Gasteiger charge is 2.44. The minimum atomic E-state index is 0.113. The van der Waals surface area contributed by atoms with Crippen molar-refractivity contribution in [2.45, 2.75) is 31.1 Å². The van der Waals surface area contributed by atoms with Crippen LogP contribution in [0.4, 0.5) is 0 Å². The van der Waals surface area contributed by atoms with Crippen LogP contribution in [0.1, 0.15) is 30.4 Å². The quantitative estimate of drug-likeness (QED) is 0.854. The van der Waals surface area contributed by atoms with E-state index >= 15 is 0 Å². The zero-order chi connectivity index (χ0) is 15.4. The van der Waals surface area contributed by atoms with Crippen molar-refractivity contribution in [3.63, 3.8) is 0 Å². The molecule has 0 heterocycles. The van der Waals surface area contributed by atoms with Gasteiger partial charge >= 0.3 is 0 Å². The summed E-state index contributed by atoms with van der Waals surface area (Å²) in [5, 5.41) is 3.82. The summed E-state index contributed by atoms with van der Waals surface area (Å²) in [4.78, 5) is 12.1. The topological polar surface area (TPSA) is 29.1 Å². The van der Waals surface area contributed by atoms with Crippen molar-refractivity contribution in [3.05, 3.63) is 70.7 Å². The first-order chi connectivity index (χ1) is 10.7. The Bertz CT molecular complexity index is 649. The van der Waals surface area contributed by atoms with Crippen molar-refractivity contribution in [2.75, 3.05) is 6.54 Å². The Kier molecular flexibility index (Phi) is 4.49. The van der Waals surface area contributed by atoms with Crippen LogP contribution >= 0.6 is 11.6 Å². The lowest BCUT2D eigenvalue weighted by atomic mass is 9.96. The highest BCUT2D eigenvalue weighted by molar-refractivity contribution is 6.30. The van der Waals surface area contributed by atoms with Gasteiger partial charge in [-0.15, -0.1) is 0 Å². The molecule has 0 radical (unpaired) electrons. The van der Waals surface area contributed by atoms with Gasteiger partial charge in [-0.05, 0) is 42.5 Å². The molecule has 1 aliphatic carbocycles. The van der Waals surface area contributed by atoms with Crippen LogP contribution in [-0.2, 0) is 16.6 Å². The minimum Gasteiger partial charge on any atom is -0.355 e. The minimum absolute atomic E-state index is 0.113. The molecule has 0 unspecified atom stereocenters. The number of benzene rings is 2. The summed E-state index contributed by atoms with van der Waals surface area (Å²) < 4.78 is 0. The highest BCUT2D eigenvalue weighted by atomic mass is 35.5. The lowest BCUT2D eigenvalue weighted by molar-refractivity contribution is -0.121. The summed E-state index contributed by atoms with van der Waals surface area (Å²) in [6.07, 6.45) is 3.55. The molecule has 1 fully saturated rings. The van der Waals surface area contributed by atoms with Crippen LogP contribution in [-0.4, -0.2) is 12.5 Å². The molecule has 3 heteroatoms. The van der Waals surface area contributed by atoms with Crippen LogP contribution in [0.3, 0.4) is 0 Å². The molecule has 1 N–H and O–H groups in total. The van der Waals surface area contributed by atoms with E-state index in [2.05, 4.69) is 29.6 Å². The van der Waals surface area contributed by atoms with Gasteiger partial charge in [0.1, 0.15) is 0 Å². The van der Waals surface area contributed by atoms with Crippen LogP contribution in [0.5, 0.6) is 0 Å². The second-order valence-electron chi connectivity index (χ2n) is 6.05. The van der Waals surface area contributed by atoms with Crippen LogP contribution < -0.4 is 5.32 Å². The van der Waals surface area contributed by atoms with Gasteiger partial charge in [0, 0.05) is 23.4 Å². The van der Waals surface area contributed by atoms with E-state index in [1.807, 2.05) is 30.3 Å². The Hall–Kier alpha value is -1.80. The number of aryl methyl sites for hydroxylation is 1. The molecule has 22 heavy (non-hydrogen) atoms. The lowest BCUT2D eigenvalue weighted by Crippen LogP contribution is -2.32. The van der Waals surface area contributed by atoms with E-state index in [-0.39, 0.29) is 11.3 Å². The lowest BCUT2D eigenvalue weighted by Gasteiger charge is -2.16. The third-order valence-electron chi connectivity index (χ3n) is 4.39. The molecule has 2 nitrogen and oxygen atoms in total. The van der Waals surface area contributed by atoms with Gasteiger partial charge in [-0.3, -0.25) is 4.79 Å². The predicted octanol–water partition coefficient (Wildman–Crippen LogP) is 4.12. The summed E-state index contributed by atoms with van der Waals surface area (Å²) in [5.74, 6) is 0.113. The van der Waals surface area contributed by atoms with Crippen LogP contribution in [0, 0.1) is 0 Å². The molecular weight excluding hydrogens is 294 g/mol. The molecule has 0 aromatic heterocycles. The Morgan fingerprint density at radius 3 is 2.55 bits per heavy atom. The fraction of sp³-hybridized carbons (Fsp3) is 0.316. The molecule has 2 aromatic rings. The zero-order valence-electron chi connectivity index (χ0n) is 12.5. The largest absolute Gasteiger partial charge is 0.355 e. The fourth-order valence-corrected chi connectivity index (χ4v) is 3.03. The third-order valence-corrected chi connectivity index (χ3v) is 4.63. The van der Waals surface area contributed by atoms with Gasteiger partial charge in [0.2, 0.25) is 5.91 Å². The molecule has 0 aliphatic heterocycles. The number of amides is 1. The van der Waals surface area contributed by atoms with Crippen molar-refractivity contribution in [1.82, 2.24) is 5.32 Å². The zero-order valence-corrected chi connectivity index (χ0v) is 13.3. The van der Waals surface area contributed by atoms with Crippen molar-refractivity contribution in [3.8, 4) is 0 Å². The number of nitrogens with one attached hydrogen (secondary N) is 1. The van der Waals surface area contributed by atoms with E-state index < -0.39 is 0 Å². The molecule has 0 bridgehead atoms. The average Bonchev–Trinajstić information content (AvgIpc) is 3.33. The highest BCUT2D eigenvalue weighted by Crippen LogP contribution is 2.47. The Morgan fingerprint density at radius 1 is 1.09 bits per heavy atom. The van der Waals surface area contributed by atoms with Crippen molar-refractivity contribution in [1.29, 1.82) is 0 Å². The predicted molar refractivity (Wildman–Crippen MR) is 90.1 cm³/mol.